The van der Waals surface area contributed by atoms with E-state index in [9.17, 15) is 0 Å². The first-order valence-corrected chi connectivity index (χ1v) is 6.04. The molecule has 0 N–H and O–H groups in total. The maximum atomic E-state index is 5.13. The molecular formula is C8H14S4. The Kier molecular flexibility index (Phi) is 9.10. The van der Waals surface area contributed by atoms with E-state index in [0.717, 1.165) is 46.9 Å². The number of rotatable bonds is 7. The maximum Gasteiger partial charge on any atom is -0.00524 e. The normalized spacial score (nSPS) is 9.83. The first-order valence-electron chi connectivity index (χ1n) is 3.95. The molecule has 0 aliphatic heterocycles. The van der Waals surface area contributed by atoms with Gasteiger partial charge in [-0.05, 0) is 46.9 Å². The van der Waals surface area contributed by atoms with Crippen molar-refractivity contribution in [3.05, 3.63) is 0 Å². The summed E-state index contributed by atoms with van der Waals surface area (Å²) in [5.74, 6) is 1.69. The van der Waals surface area contributed by atoms with Crippen molar-refractivity contribution in [1.29, 1.82) is 0 Å². The molecule has 0 fully saturated rings. The molecule has 0 aliphatic rings. The summed E-state index contributed by atoms with van der Waals surface area (Å²) in [4.78, 5) is 2.18. The molecular weight excluding hydrogens is 224 g/mol. The molecule has 0 radical (unpaired) electrons. The van der Waals surface area contributed by atoms with Gasteiger partial charge in [0, 0.05) is 0 Å². The highest BCUT2D eigenvalue weighted by atomic mass is 32.1. The van der Waals surface area contributed by atoms with Crippen molar-refractivity contribution in [2.24, 2.45) is 0 Å². The van der Waals surface area contributed by atoms with Gasteiger partial charge in [0.05, 0.1) is 0 Å². The fraction of sp³-hybridized carbons (Fsp3) is 0.750. The minimum atomic E-state index is 0.845. The van der Waals surface area contributed by atoms with Gasteiger partial charge in [-0.1, -0.05) is 24.4 Å². The molecule has 0 aromatic heterocycles. The topological polar surface area (TPSA) is 0 Å². The lowest BCUT2D eigenvalue weighted by Gasteiger charge is -2.02. The third kappa shape index (κ3) is 7.53. The minimum absolute atomic E-state index is 0.845. The van der Waals surface area contributed by atoms with Crippen molar-refractivity contribution in [3.8, 4) is 0 Å². The van der Waals surface area contributed by atoms with Crippen LogP contribution in [0, 0.1) is 0 Å². The van der Waals surface area contributed by atoms with Gasteiger partial charge in [0.1, 0.15) is 0 Å². The predicted octanol–water partition coefficient (Wildman–Crippen LogP) is 3.15. The van der Waals surface area contributed by atoms with E-state index in [1.54, 1.807) is 0 Å². The molecule has 0 saturated carbocycles. The van der Waals surface area contributed by atoms with Crippen LogP contribution in [0.15, 0.2) is 0 Å². The second-order valence-corrected chi connectivity index (χ2v) is 4.57. The Labute approximate surface area is 96.3 Å². The van der Waals surface area contributed by atoms with Crippen molar-refractivity contribution in [1.82, 2.24) is 0 Å². The molecule has 0 aromatic rings. The van der Waals surface area contributed by atoms with Crippen LogP contribution in [0.5, 0.6) is 0 Å². The Balaban J connectivity index is 3.40. The molecule has 4 heteroatoms. The van der Waals surface area contributed by atoms with Gasteiger partial charge in [-0.25, -0.2) is 0 Å². The predicted molar refractivity (Wildman–Crippen MR) is 71.4 cm³/mol. The van der Waals surface area contributed by atoms with Crippen LogP contribution < -0.4 is 0 Å². The quantitative estimate of drug-likeness (QED) is 0.516. The highest BCUT2D eigenvalue weighted by Gasteiger charge is 1.99. The molecule has 0 saturated heterocycles. The molecule has 70 valence electrons. The summed E-state index contributed by atoms with van der Waals surface area (Å²) in [7, 11) is 0. The van der Waals surface area contributed by atoms with Crippen LogP contribution in [-0.2, 0) is 0 Å². The van der Waals surface area contributed by atoms with Gasteiger partial charge < -0.3 is 0 Å². The van der Waals surface area contributed by atoms with Gasteiger partial charge in [0.15, 0.2) is 0 Å². The molecule has 0 unspecified atom stereocenters. The lowest BCUT2D eigenvalue weighted by Crippen LogP contribution is -2.01. The van der Waals surface area contributed by atoms with E-state index in [-0.39, 0.29) is 0 Å². The second kappa shape index (κ2) is 8.48. The molecule has 12 heavy (non-hydrogen) atoms. The molecule has 0 atom stereocenters. The van der Waals surface area contributed by atoms with E-state index in [2.05, 4.69) is 25.3 Å². The molecule has 0 spiro atoms. The number of hydrogen-bond acceptors (Lipinski definition) is 4. The standard InChI is InChI=1S/C8H14S4/c9-5-3-7(11)1-2-8(12)4-6-10/h9-10H,1-6H2. The molecule has 0 nitrogen and oxygen atoms in total. The highest BCUT2D eigenvalue weighted by molar-refractivity contribution is 7.82. The molecule has 0 amide bonds. The summed E-state index contributed by atoms with van der Waals surface area (Å²) in [5, 5.41) is 0. The SMILES string of the molecule is S=C(CCS)CCC(=S)CCS. The molecule has 0 aliphatic carbocycles. The van der Waals surface area contributed by atoms with Crippen molar-refractivity contribution in [2.75, 3.05) is 11.5 Å². The van der Waals surface area contributed by atoms with E-state index in [1.165, 1.54) is 0 Å². The largest absolute Gasteiger partial charge is 0.179 e. The van der Waals surface area contributed by atoms with E-state index in [1.807, 2.05) is 0 Å². The van der Waals surface area contributed by atoms with Gasteiger partial charge in [-0.3, -0.25) is 0 Å². The Bertz CT molecular complexity index is 135. The van der Waals surface area contributed by atoms with Gasteiger partial charge >= 0.3 is 0 Å². The summed E-state index contributed by atoms with van der Waals surface area (Å²) in [6.07, 6.45) is 3.76. The fourth-order valence-electron chi connectivity index (χ4n) is 0.778. The maximum absolute atomic E-state index is 5.13. The average molecular weight is 238 g/mol. The second-order valence-electron chi connectivity index (χ2n) is 2.52. The van der Waals surface area contributed by atoms with Crippen molar-refractivity contribution < 1.29 is 0 Å². The lowest BCUT2D eigenvalue weighted by atomic mass is 10.1. The van der Waals surface area contributed by atoms with Crippen LogP contribution in [0.4, 0.5) is 0 Å². The van der Waals surface area contributed by atoms with Gasteiger partial charge in [-0.2, -0.15) is 25.3 Å². The average Bonchev–Trinajstić information content (AvgIpc) is 2.02. The van der Waals surface area contributed by atoms with Crippen LogP contribution in [0.3, 0.4) is 0 Å². The summed E-state index contributed by atoms with van der Waals surface area (Å²) < 4.78 is 0. The van der Waals surface area contributed by atoms with Gasteiger partial charge in [0.25, 0.3) is 0 Å². The Morgan fingerprint density at radius 2 is 1.08 bits per heavy atom. The highest BCUT2D eigenvalue weighted by Crippen LogP contribution is 2.04. The first-order chi connectivity index (χ1) is 5.70. The van der Waals surface area contributed by atoms with Crippen molar-refractivity contribution in [2.45, 2.75) is 25.7 Å². The Morgan fingerprint density at radius 1 is 0.750 bits per heavy atom. The smallest absolute Gasteiger partial charge is 0.00524 e. The van der Waals surface area contributed by atoms with Crippen LogP contribution >= 0.6 is 49.7 Å². The third-order valence-corrected chi connectivity index (χ3v) is 2.73. The van der Waals surface area contributed by atoms with Crippen LogP contribution in [0.1, 0.15) is 25.7 Å². The van der Waals surface area contributed by atoms with Gasteiger partial charge in [-0.15, -0.1) is 0 Å². The summed E-state index contributed by atoms with van der Waals surface area (Å²) in [5.41, 5.74) is 0. The molecule has 0 rings (SSSR count). The summed E-state index contributed by atoms with van der Waals surface area (Å²) in [6.45, 7) is 0. The first kappa shape index (κ1) is 12.9. The summed E-state index contributed by atoms with van der Waals surface area (Å²) in [6, 6.07) is 0. The zero-order valence-electron chi connectivity index (χ0n) is 6.95. The van der Waals surface area contributed by atoms with E-state index in [0.29, 0.717) is 0 Å². The molecule has 0 aromatic carbocycles. The Hall–Kier alpha value is 0.880. The summed E-state index contributed by atoms with van der Waals surface area (Å²) >= 11 is 18.5. The fourth-order valence-corrected chi connectivity index (χ4v) is 2.03. The molecule has 0 bridgehead atoms. The number of thiol groups is 2. The number of thiocarbonyl (C=S) groups is 2. The van der Waals surface area contributed by atoms with E-state index in [4.69, 9.17) is 24.4 Å². The lowest BCUT2D eigenvalue weighted by molar-refractivity contribution is 1.10. The van der Waals surface area contributed by atoms with Crippen molar-refractivity contribution >= 4 is 59.4 Å². The number of hydrogen-bond donors (Lipinski definition) is 2. The monoisotopic (exact) mass is 238 g/mol. The third-order valence-electron chi connectivity index (χ3n) is 1.46. The zero-order chi connectivity index (χ0) is 9.40. The van der Waals surface area contributed by atoms with E-state index >= 15 is 0 Å². The zero-order valence-corrected chi connectivity index (χ0v) is 10.4. The van der Waals surface area contributed by atoms with E-state index < -0.39 is 0 Å². The Morgan fingerprint density at radius 3 is 1.33 bits per heavy atom. The van der Waals surface area contributed by atoms with Crippen LogP contribution in [0.2, 0.25) is 0 Å². The molecule has 0 heterocycles. The van der Waals surface area contributed by atoms with Crippen molar-refractivity contribution in [3.63, 3.8) is 0 Å². The van der Waals surface area contributed by atoms with Crippen LogP contribution in [0.25, 0.3) is 0 Å². The van der Waals surface area contributed by atoms with Crippen LogP contribution in [-0.4, -0.2) is 21.2 Å². The van der Waals surface area contributed by atoms with Gasteiger partial charge in [0.2, 0.25) is 0 Å². The minimum Gasteiger partial charge on any atom is -0.179 e.